The molecule has 1 aliphatic rings. The molecule has 0 amide bonds. The van der Waals surface area contributed by atoms with E-state index in [-0.39, 0.29) is 0 Å². The van der Waals surface area contributed by atoms with Crippen molar-refractivity contribution in [1.29, 1.82) is 0 Å². The van der Waals surface area contributed by atoms with Crippen molar-refractivity contribution in [3.05, 3.63) is 0 Å². The van der Waals surface area contributed by atoms with E-state index in [4.69, 9.17) is 10.8 Å². The number of aliphatic hydroxyl groups excluding tert-OH is 2. The molecule has 0 radical (unpaired) electrons. The molecule has 0 aromatic heterocycles. The monoisotopic (exact) mass is 160 g/mol. The number of rotatable bonds is 2. The minimum absolute atomic E-state index is 0.397. The topological polar surface area (TPSA) is 78.5 Å². The van der Waals surface area contributed by atoms with E-state index in [9.17, 15) is 5.11 Å². The molecule has 0 aliphatic carbocycles. The van der Waals surface area contributed by atoms with E-state index in [1.807, 2.05) is 0 Å². The fourth-order valence-corrected chi connectivity index (χ4v) is 1.51. The molecule has 1 unspecified atom stereocenters. The maximum absolute atomic E-state index is 9.40. The zero-order valence-electron chi connectivity index (χ0n) is 6.75. The average molecular weight is 160 g/mol. The second kappa shape index (κ2) is 3.06. The van der Waals surface area contributed by atoms with Crippen LogP contribution in [0.15, 0.2) is 0 Å². The normalized spacial score (nSPS) is 40.9. The Morgan fingerprint density at radius 3 is 2.82 bits per heavy atom. The molecule has 1 saturated heterocycles. The Kier molecular flexibility index (Phi) is 2.49. The lowest BCUT2D eigenvalue weighted by molar-refractivity contribution is 0.0570. The van der Waals surface area contributed by atoms with E-state index >= 15 is 0 Å². The minimum atomic E-state index is -0.770. The summed E-state index contributed by atoms with van der Waals surface area (Å²) in [5, 5.41) is 21.4. The molecule has 4 nitrogen and oxygen atoms in total. The van der Waals surface area contributed by atoms with Crippen LogP contribution in [-0.2, 0) is 0 Å². The molecule has 0 bridgehead atoms. The predicted octanol–water partition coefficient (Wildman–Crippen LogP) is -1.23. The van der Waals surface area contributed by atoms with Crippen LogP contribution >= 0.6 is 0 Å². The third-order valence-corrected chi connectivity index (χ3v) is 2.10. The molecule has 1 fully saturated rings. The lowest BCUT2D eigenvalue weighted by Gasteiger charge is -2.29. The summed E-state index contributed by atoms with van der Waals surface area (Å²) >= 11 is 0. The van der Waals surface area contributed by atoms with Crippen LogP contribution in [0.25, 0.3) is 0 Å². The largest absolute Gasteiger partial charge is 0.393 e. The van der Waals surface area contributed by atoms with Gasteiger partial charge < -0.3 is 15.9 Å². The molecule has 0 aromatic carbocycles. The van der Waals surface area contributed by atoms with E-state index in [1.54, 1.807) is 6.92 Å². The van der Waals surface area contributed by atoms with Crippen molar-refractivity contribution in [2.45, 2.75) is 37.6 Å². The number of nitrogens with one attached hydrogen (secondary N) is 1. The van der Waals surface area contributed by atoms with E-state index in [0.717, 1.165) is 6.54 Å². The van der Waals surface area contributed by atoms with Crippen LogP contribution in [0.1, 0.15) is 19.8 Å². The van der Waals surface area contributed by atoms with Gasteiger partial charge in [0.05, 0.1) is 17.9 Å². The highest BCUT2D eigenvalue weighted by Gasteiger charge is 2.38. The van der Waals surface area contributed by atoms with E-state index in [1.165, 1.54) is 0 Å². The zero-order valence-corrected chi connectivity index (χ0v) is 6.75. The van der Waals surface area contributed by atoms with Gasteiger partial charge >= 0.3 is 0 Å². The maximum atomic E-state index is 9.40. The van der Waals surface area contributed by atoms with Gasteiger partial charge in [-0.3, -0.25) is 5.32 Å². The second-order valence-corrected chi connectivity index (χ2v) is 3.32. The molecular weight excluding hydrogens is 144 g/mol. The molecular formula is C7H16N2O2. The molecule has 0 aromatic rings. The third kappa shape index (κ3) is 1.90. The molecule has 11 heavy (non-hydrogen) atoms. The van der Waals surface area contributed by atoms with Gasteiger partial charge in [0.2, 0.25) is 0 Å². The summed E-state index contributed by atoms with van der Waals surface area (Å²) in [6, 6.07) is 0. The molecule has 3 atom stereocenters. The summed E-state index contributed by atoms with van der Waals surface area (Å²) in [6.07, 6.45) is 0.0644. The highest BCUT2D eigenvalue weighted by atomic mass is 16.3. The Morgan fingerprint density at radius 2 is 2.45 bits per heavy atom. The lowest BCUT2D eigenvalue weighted by atomic mass is 9.99. The Hall–Kier alpha value is -0.160. The number of nitrogens with two attached hydrogens (primary N) is 1. The van der Waals surface area contributed by atoms with Crippen molar-refractivity contribution in [3.63, 3.8) is 0 Å². The summed E-state index contributed by atoms with van der Waals surface area (Å²) in [5.74, 6) is 0. The van der Waals surface area contributed by atoms with Gasteiger partial charge in [-0.25, -0.2) is 0 Å². The van der Waals surface area contributed by atoms with Crippen molar-refractivity contribution in [1.82, 2.24) is 5.32 Å². The Bertz CT molecular complexity index is 140. The SMILES string of the molecule is C[C@H](O)CC1(N)NCC[C@H]1O. The first-order valence-corrected chi connectivity index (χ1v) is 3.94. The van der Waals surface area contributed by atoms with Gasteiger partial charge in [-0.2, -0.15) is 0 Å². The van der Waals surface area contributed by atoms with Crippen molar-refractivity contribution >= 4 is 0 Å². The summed E-state index contributed by atoms with van der Waals surface area (Å²) < 4.78 is 0. The van der Waals surface area contributed by atoms with Gasteiger partial charge in [-0.15, -0.1) is 0 Å². The van der Waals surface area contributed by atoms with Crippen LogP contribution in [0.2, 0.25) is 0 Å². The first-order valence-electron chi connectivity index (χ1n) is 3.94. The number of hydrogen-bond acceptors (Lipinski definition) is 4. The van der Waals surface area contributed by atoms with Gasteiger partial charge in [0, 0.05) is 6.42 Å². The summed E-state index contributed by atoms with van der Waals surface area (Å²) in [4.78, 5) is 0. The maximum Gasteiger partial charge on any atom is 0.0954 e. The first-order chi connectivity index (χ1) is 5.04. The van der Waals surface area contributed by atoms with Gasteiger partial charge in [-0.05, 0) is 19.9 Å². The van der Waals surface area contributed by atoms with Gasteiger partial charge in [0.15, 0.2) is 0 Å². The summed E-state index contributed by atoms with van der Waals surface area (Å²) in [5.41, 5.74) is 5.01. The van der Waals surface area contributed by atoms with Crippen LogP contribution in [-0.4, -0.2) is 34.6 Å². The first kappa shape index (κ1) is 8.93. The van der Waals surface area contributed by atoms with Gasteiger partial charge in [0.1, 0.15) is 0 Å². The van der Waals surface area contributed by atoms with Crippen LogP contribution < -0.4 is 11.1 Å². The van der Waals surface area contributed by atoms with Crippen LogP contribution in [0.3, 0.4) is 0 Å². The van der Waals surface area contributed by atoms with Gasteiger partial charge in [-0.1, -0.05) is 0 Å². The minimum Gasteiger partial charge on any atom is -0.393 e. The van der Waals surface area contributed by atoms with Crippen molar-refractivity contribution in [2.24, 2.45) is 5.73 Å². The fraction of sp³-hybridized carbons (Fsp3) is 1.00. The number of hydrogen-bond donors (Lipinski definition) is 4. The average Bonchev–Trinajstić information content (AvgIpc) is 2.11. The third-order valence-electron chi connectivity index (χ3n) is 2.10. The molecule has 5 N–H and O–H groups in total. The highest BCUT2D eigenvalue weighted by molar-refractivity contribution is 4.95. The predicted molar refractivity (Wildman–Crippen MR) is 41.8 cm³/mol. The second-order valence-electron chi connectivity index (χ2n) is 3.32. The standard InChI is InChI=1S/C7H16N2O2/c1-5(10)4-7(8)6(11)2-3-9-7/h5-6,9-11H,2-4,8H2,1H3/t5-,6+,7?/m0/s1. The fourth-order valence-electron chi connectivity index (χ4n) is 1.51. The molecule has 1 aliphatic heterocycles. The van der Waals surface area contributed by atoms with Crippen LogP contribution in [0.5, 0.6) is 0 Å². The zero-order chi connectivity index (χ0) is 8.48. The smallest absolute Gasteiger partial charge is 0.0954 e. The molecule has 4 heteroatoms. The lowest BCUT2D eigenvalue weighted by Crippen LogP contribution is -2.57. The Morgan fingerprint density at radius 1 is 1.82 bits per heavy atom. The van der Waals surface area contributed by atoms with E-state index < -0.39 is 17.9 Å². The molecule has 1 rings (SSSR count). The summed E-state index contributed by atoms with van der Waals surface area (Å²) in [7, 11) is 0. The molecule has 0 spiro atoms. The quantitative estimate of drug-likeness (QED) is 0.408. The van der Waals surface area contributed by atoms with E-state index in [0.29, 0.717) is 12.8 Å². The van der Waals surface area contributed by atoms with Crippen LogP contribution in [0, 0.1) is 0 Å². The van der Waals surface area contributed by atoms with Gasteiger partial charge in [0.25, 0.3) is 0 Å². The van der Waals surface area contributed by atoms with Crippen LogP contribution in [0.4, 0.5) is 0 Å². The molecule has 1 heterocycles. The Balaban J connectivity index is 2.51. The van der Waals surface area contributed by atoms with Crippen molar-refractivity contribution < 1.29 is 10.2 Å². The summed E-state index contributed by atoms with van der Waals surface area (Å²) in [6.45, 7) is 2.39. The Labute approximate surface area is 66.4 Å². The van der Waals surface area contributed by atoms with Crippen molar-refractivity contribution in [2.75, 3.05) is 6.54 Å². The molecule has 66 valence electrons. The number of aliphatic hydroxyl groups is 2. The van der Waals surface area contributed by atoms with E-state index in [2.05, 4.69) is 5.32 Å². The van der Waals surface area contributed by atoms with Crippen molar-refractivity contribution in [3.8, 4) is 0 Å². The highest BCUT2D eigenvalue weighted by Crippen LogP contribution is 2.19. The molecule has 0 saturated carbocycles.